The van der Waals surface area contributed by atoms with Crippen LogP contribution in [-0.4, -0.2) is 13.1 Å². The second kappa shape index (κ2) is 4.00. The summed E-state index contributed by atoms with van der Waals surface area (Å²) >= 11 is 0. The van der Waals surface area contributed by atoms with Crippen molar-refractivity contribution in [1.82, 2.24) is 5.32 Å². The first-order valence-electron chi connectivity index (χ1n) is 5.73. The Morgan fingerprint density at radius 3 is 2.15 bits per heavy atom. The van der Waals surface area contributed by atoms with E-state index >= 15 is 0 Å². The third-order valence-corrected chi connectivity index (χ3v) is 3.85. The quantitative estimate of drug-likeness (QED) is 0.706. The van der Waals surface area contributed by atoms with Crippen LogP contribution in [0.25, 0.3) is 0 Å². The molecule has 1 nitrogen and oxygen atoms in total. The standard InChI is InChI=1S/C12H25N/c1-6-12(7-10(4)8-12)11(13-5)9(2)3/h9-11,13H,6-8H2,1-5H3. The molecule has 1 fully saturated rings. The number of hydrogen-bond acceptors (Lipinski definition) is 1. The first-order chi connectivity index (χ1) is 6.05. The van der Waals surface area contributed by atoms with Gasteiger partial charge in [-0.05, 0) is 43.6 Å². The van der Waals surface area contributed by atoms with E-state index in [9.17, 15) is 0 Å². The van der Waals surface area contributed by atoms with E-state index in [2.05, 4.69) is 40.1 Å². The number of rotatable bonds is 4. The molecule has 0 saturated heterocycles. The fraction of sp³-hybridized carbons (Fsp3) is 1.00. The number of nitrogens with one attached hydrogen (secondary N) is 1. The lowest BCUT2D eigenvalue weighted by atomic mass is 9.55. The Morgan fingerprint density at radius 2 is 1.92 bits per heavy atom. The Hall–Kier alpha value is -0.0400. The van der Waals surface area contributed by atoms with Crippen molar-refractivity contribution in [1.29, 1.82) is 0 Å². The molecule has 1 heteroatoms. The van der Waals surface area contributed by atoms with Crippen molar-refractivity contribution in [2.24, 2.45) is 17.3 Å². The van der Waals surface area contributed by atoms with Gasteiger partial charge in [-0.25, -0.2) is 0 Å². The summed E-state index contributed by atoms with van der Waals surface area (Å²) in [7, 11) is 2.12. The smallest absolute Gasteiger partial charge is 0.0144 e. The van der Waals surface area contributed by atoms with Crippen LogP contribution >= 0.6 is 0 Å². The van der Waals surface area contributed by atoms with Crippen molar-refractivity contribution in [3.8, 4) is 0 Å². The van der Waals surface area contributed by atoms with Crippen molar-refractivity contribution in [3.05, 3.63) is 0 Å². The summed E-state index contributed by atoms with van der Waals surface area (Å²) in [6, 6.07) is 0.716. The zero-order chi connectivity index (χ0) is 10.1. The minimum atomic E-state index is 0.613. The first-order valence-corrected chi connectivity index (χ1v) is 5.73. The Bertz CT molecular complexity index is 157. The highest BCUT2D eigenvalue weighted by Gasteiger charge is 2.46. The van der Waals surface area contributed by atoms with Gasteiger partial charge in [0.1, 0.15) is 0 Å². The largest absolute Gasteiger partial charge is 0.316 e. The highest BCUT2D eigenvalue weighted by molar-refractivity contribution is 4.99. The lowest BCUT2D eigenvalue weighted by Gasteiger charge is -2.53. The molecule has 0 amide bonds. The van der Waals surface area contributed by atoms with Crippen LogP contribution in [0.2, 0.25) is 0 Å². The van der Waals surface area contributed by atoms with E-state index in [0.717, 1.165) is 11.8 Å². The predicted octanol–water partition coefficient (Wildman–Crippen LogP) is 3.06. The van der Waals surface area contributed by atoms with Gasteiger partial charge in [0.2, 0.25) is 0 Å². The van der Waals surface area contributed by atoms with Crippen molar-refractivity contribution in [2.45, 2.75) is 53.0 Å². The van der Waals surface area contributed by atoms with Gasteiger partial charge in [-0.1, -0.05) is 27.7 Å². The van der Waals surface area contributed by atoms with Crippen molar-refractivity contribution in [2.75, 3.05) is 7.05 Å². The molecule has 0 bridgehead atoms. The molecule has 0 radical (unpaired) electrons. The molecule has 13 heavy (non-hydrogen) atoms. The summed E-state index contributed by atoms with van der Waals surface area (Å²) in [4.78, 5) is 0. The molecule has 0 aromatic rings. The lowest BCUT2D eigenvalue weighted by Crippen LogP contribution is -2.53. The first kappa shape index (κ1) is 11.0. The molecular weight excluding hydrogens is 158 g/mol. The molecule has 0 aromatic heterocycles. The molecule has 1 saturated carbocycles. The second-order valence-corrected chi connectivity index (χ2v) is 5.24. The van der Waals surface area contributed by atoms with E-state index in [0.29, 0.717) is 11.5 Å². The van der Waals surface area contributed by atoms with Crippen LogP contribution in [-0.2, 0) is 0 Å². The van der Waals surface area contributed by atoms with Crippen LogP contribution in [0.3, 0.4) is 0 Å². The number of hydrogen-bond donors (Lipinski definition) is 1. The third-order valence-electron chi connectivity index (χ3n) is 3.85. The van der Waals surface area contributed by atoms with Crippen LogP contribution in [0.4, 0.5) is 0 Å². The van der Waals surface area contributed by atoms with Gasteiger partial charge in [-0.15, -0.1) is 0 Å². The van der Waals surface area contributed by atoms with Crippen LogP contribution in [0.5, 0.6) is 0 Å². The summed E-state index contributed by atoms with van der Waals surface area (Å²) in [5.74, 6) is 1.71. The summed E-state index contributed by atoms with van der Waals surface area (Å²) in [5.41, 5.74) is 0.613. The molecule has 1 aliphatic rings. The Balaban J connectivity index is 2.64. The molecule has 0 aromatic carbocycles. The van der Waals surface area contributed by atoms with Crippen molar-refractivity contribution >= 4 is 0 Å². The van der Waals surface area contributed by atoms with Gasteiger partial charge in [-0.2, -0.15) is 0 Å². The Kier molecular flexibility index (Phi) is 3.39. The molecule has 78 valence electrons. The third kappa shape index (κ3) is 1.90. The van der Waals surface area contributed by atoms with Gasteiger partial charge in [0.15, 0.2) is 0 Å². The normalized spacial score (nSPS) is 36.0. The molecule has 1 N–H and O–H groups in total. The van der Waals surface area contributed by atoms with Gasteiger partial charge < -0.3 is 5.32 Å². The maximum Gasteiger partial charge on any atom is 0.0144 e. The minimum absolute atomic E-state index is 0.613. The van der Waals surface area contributed by atoms with Crippen LogP contribution < -0.4 is 5.32 Å². The van der Waals surface area contributed by atoms with Crippen molar-refractivity contribution < 1.29 is 0 Å². The fourth-order valence-electron chi connectivity index (χ4n) is 3.44. The molecular formula is C12H25N. The highest BCUT2D eigenvalue weighted by atomic mass is 14.9. The SMILES string of the molecule is CCC1(C(NC)C(C)C)CC(C)C1. The van der Waals surface area contributed by atoms with E-state index < -0.39 is 0 Å². The van der Waals surface area contributed by atoms with E-state index in [1.54, 1.807) is 0 Å². The summed E-state index contributed by atoms with van der Waals surface area (Å²) in [5, 5.41) is 3.52. The molecule has 0 aliphatic heterocycles. The average molecular weight is 183 g/mol. The Labute approximate surface area is 83.3 Å². The Morgan fingerprint density at radius 1 is 1.38 bits per heavy atom. The van der Waals surface area contributed by atoms with Crippen molar-refractivity contribution in [3.63, 3.8) is 0 Å². The van der Waals surface area contributed by atoms with Gasteiger partial charge in [0.05, 0.1) is 0 Å². The average Bonchev–Trinajstić information content (AvgIpc) is 2.01. The topological polar surface area (TPSA) is 12.0 Å². The monoisotopic (exact) mass is 183 g/mol. The van der Waals surface area contributed by atoms with E-state index in [4.69, 9.17) is 0 Å². The molecule has 1 rings (SSSR count). The molecule has 1 unspecified atom stereocenters. The van der Waals surface area contributed by atoms with Gasteiger partial charge in [-0.3, -0.25) is 0 Å². The highest BCUT2D eigenvalue weighted by Crippen LogP contribution is 2.51. The van der Waals surface area contributed by atoms with Crippen LogP contribution in [0, 0.1) is 17.3 Å². The van der Waals surface area contributed by atoms with Gasteiger partial charge in [0, 0.05) is 6.04 Å². The van der Waals surface area contributed by atoms with Gasteiger partial charge in [0.25, 0.3) is 0 Å². The molecule has 0 spiro atoms. The van der Waals surface area contributed by atoms with Crippen LogP contribution in [0.15, 0.2) is 0 Å². The second-order valence-electron chi connectivity index (χ2n) is 5.24. The minimum Gasteiger partial charge on any atom is -0.316 e. The maximum atomic E-state index is 3.52. The lowest BCUT2D eigenvalue weighted by molar-refractivity contribution is 0.00245. The summed E-state index contributed by atoms with van der Waals surface area (Å²) < 4.78 is 0. The zero-order valence-electron chi connectivity index (χ0n) is 9.85. The molecule has 1 aliphatic carbocycles. The molecule has 1 atom stereocenters. The zero-order valence-corrected chi connectivity index (χ0v) is 9.85. The fourth-order valence-corrected chi connectivity index (χ4v) is 3.44. The summed E-state index contributed by atoms with van der Waals surface area (Å²) in [6.45, 7) is 9.39. The summed E-state index contributed by atoms with van der Waals surface area (Å²) in [6.07, 6.45) is 4.18. The van der Waals surface area contributed by atoms with E-state index in [-0.39, 0.29) is 0 Å². The van der Waals surface area contributed by atoms with Crippen LogP contribution in [0.1, 0.15) is 47.0 Å². The molecule has 0 heterocycles. The van der Waals surface area contributed by atoms with Gasteiger partial charge >= 0.3 is 0 Å². The van der Waals surface area contributed by atoms with E-state index in [1.165, 1.54) is 19.3 Å². The maximum absolute atomic E-state index is 3.52. The van der Waals surface area contributed by atoms with E-state index in [1.807, 2.05) is 0 Å². The predicted molar refractivity (Wildman–Crippen MR) is 58.8 cm³/mol.